The number of nitrogens with zero attached hydrogens (tertiary/aromatic N) is 4. The van der Waals surface area contributed by atoms with E-state index in [1.54, 1.807) is 35.0 Å². The minimum atomic E-state index is -0.267. The average molecular weight is 453 g/mol. The highest BCUT2D eigenvalue weighted by Crippen LogP contribution is 2.21. The molecule has 1 fully saturated rings. The minimum Gasteiger partial charge on any atom is -0.352 e. The van der Waals surface area contributed by atoms with E-state index in [2.05, 4.69) is 27.2 Å². The summed E-state index contributed by atoms with van der Waals surface area (Å²) in [6.45, 7) is 7.25. The number of nitrogens with one attached hydrogen (secondary N) is 2. The lowest BCUT2D eigenvalue weighted by Crippen LogP contribution is -2.47. The molecule has 1 saturated heterocycles. The molecule has 32 heavy (non-hydrogen) atoms. The van der Waals surface area contributed by atoms with E-state index in [1.165, 1.54) is 0 Å². The van der Waals surface area contributed by atoms with Gasteiger partial charge in [-0.3, -0.25) is 9.36 Å². The lowest BCUT2D eigenvalue weighted by atomic mass is 10.1. The summed E-state index contributed by atoms with van der Waals surface area (Å²) in [7, 11) is 0. The van der Waals surface area contributed by atoms with Crippen LogP contribution in [0.1, 0.15) is 18.4 Å². The zero-order valence-corrected chi connectivity index (χ0v) is 18.6. The molecular formula is C23H25ClN6O2. The zero-order valence-electron chi connectivity index (χ0n) is 17.8. The van der Waals surface area contributed by atoms with Gasteiger partial charge >= 0.3 is 6.03 Å². The van der Waals surface area contributed by atoms with Gasteiger partial charge in [0, 0.05) is 42.6 Å². The number of anilines is 2. The smallest absolute Gasteiger partial charge is 0.319 e. The third-order valence-electron chi connectivity index (χ3n) is 5.57. The first-order valence-electron chi connectivity index (χ1n) is 10.5. The van der Waals surface area contributed by atoms with Crippen molar-refractivity contribution >= 4 is 40.3 Å². The summed E-state index contributed by atoms with van der Waals surface area (Å²) in [6, 6.07) is 8.77. The number of amides is 2. The van der Waals surface area contributed by atoms with Crippen molar-refractivity contribution < 1.29 is 4.79 Å². The Balaban J connectivity index is 1.44. The lowest BCUT2D eigenvalue weighted by Gasteiger charge is -2.33. The van der Waals surface area contributed by atoms with Gasteiger partial charge in [0.2, 0.25) is 0 Å². The molecule has 0 bridgehead atoms. The van der Waals surface area contributed by atoms with Gasteiger partial charge in [0.1, 0.15) is 5.52 Å². The van der Waals surface area contributed by atoms with Crippen molar-refractivity contribution in [1.82, 2.24) is 19.9 Å². The number of hydrogen-bond acceptors (Lipinski definition) is 5. The highest BCUT2D eigenvalue weighted by molar-refractivity contribution is 6.31. The molecular weight excluding hydrogens is 428 g/mol. The van der Waals surface area contributed by atoms with Gasteiger partial charge in [-0.05, 0) is 49.6 Å². The molecule has 0 unspecified atom stereocenters. The fourth-order valence-corrected chi connectivity index (χ4v) is 4.05. The van der Waals surface area contributed by atoms with Crippen LogP contribution in [0.15, 0.2) is 54.0 Å². The number of carbonyl (C=O) groups is 1. The number of carbonyl (C=O) groups excluding carboxylic acids is 1. The second-order valence-electron chi connectivity index (χ2n) is 7.81. The van der Waals surface area contributed by atoms with Gasteiger partial charge in [-0.1, -0.05) is 23.7 Å². The van der Waals surface area contributed by atoms with Gasteiger partial charge in [0.25, 0.3) is 5.56 Å². The summed E-state index contributed by atoms with van der Waals surface area (Å²) in [5.74, 6) is 0.407. The maximum absolute atomic E-state index is 13.1. The number of benzene rings is 1. The predicted molar refractivity (Wildman–Crippen MR) is 128 cm³/mol. The van der Waals surface area contributed by atoms with Crippen LogP contribution in [-0.4, -0.2) is 39.7 Å². The first-order chi connectivity index (χ1) is 15.5. The maximum atomic E-state index is 13.1. The van der Waals surface area contributed by atoms with E-state index >= 15 is 0 Å². The summed E-state index contributed by atoms with van der Waals surface area (Å²) in [5, 5.41) is 6.45. The molecule has 3 aromatic rings. The highest BCUT2D eigenvalue weighted by atomic mass is 35.5. The van der Waals surface area contributed by atoms with Gasteiger partial charge in [-0.15, -0.1) is 6.58 Å². The number of piperidine rings is 1. The number of rotatable bonds is 5. The van der Waals surface area contributed by atoms with Crippen LogP contribution in [0.3, 0.4) is 0 Å². The highest BCUT2D eigenvalue weighted by Gasteiger charge is 2.25. The molecule has 0 atom stereocenters. The third-order valence-corrected chi connectivity index (χ3v) is 5.81. The Kier molecular flexibility index (Phi) is 6.41. The summed E-state index contributed by atoms with van der Waals surface area (Å²) in [4.78, 5) is 36.4. The molecule has 1 aromatic carbocycles. The monoisotopic (exact) mass is 452 g/mol. The average Bonchev–Trinajstić information content (AvgIpc) is 2.78. The Morgan fingerprint density at radius 3 is 2.84 bits per heavy atom. The van der Waals surface area contributed by atoms with E-state index in [1.807, 2.05) is 24.0 Å². The molecule has 1 aliphatic rings. The fourth-order valence-electron chi connectivity index (χ4n) is 3.88. The van der Waals surface area contributed by atoms with E-state index in [4.69, 9.17) is 11.6 Å². The summed E-state index contributed by atoms with van der Waals surface area (Å²) >= 11 is 6.03. The molecule has 3 heterocycles. The largest absolute Gasteiger partial charge is 0.352 e. The molecule has 0 spiro atoms. The number of fused-ring (bicyclic) bond motifs is 1. The molecule has 2 aromatic heterocycles. The summed E-state index contributed by atoms with van der Waals surface area (Å²) in [5.41, 5.74) is 2.65. The Bertz CT molecular complexity index is 1220. The molecule has 0 radical (unpaired) electrons. The van der Waals surface area contributed by atoms with Gasteiger partial charge in [-0.2, -0.15) is 0 Å². The Morgan fingerprint density at radius 2 is 2.09 bits per heavy atom. The number of halogens is 1. The number of aromatic nitrogens is 3. The molecule has 2 amide bonds. The number of hydrogen-bond donors (Lipinski definition) is 2. The van der Waals surface area contributed by atoms with Gasteiger partial charge in [-0.25, -0.2) is 14.8 Å². The summed E-state index contributed by atoms with van der Waals surface area (Å²) < 4.78 is 1.59. The van der Waals surface area contributed by atoms with Crippen LogP contribution in [0.5, 0.6) is 0 Å². The number of allylic oxidation sites excluding steroid dienone is 1. The predicted octanol–water partition coefficient (Wildman–Crippen LogP) is 3.73. The van der Waals surface area contributed by atoms with Gasteiger partial charge < -0.3 is 15.5 Å². The van der Waals surface area contributed by atoms with Crippen LogP contribution in [0, 0.1) is 6.92 Å². The number of pyridine rings is 1. The maximum Gasteiger partial charge on any atom is 0.319 e. The third kappa shape index (κ3) is 4.60. The molecule has 0 aliphatic carbocycles. The fraction of sp³-hybridized carbons (Fsp3) is 0.304. The van der Waals surface area contributed by atoms with E-state index in [9.17, 15) is 9.59 Å². The van der Waals surface area contributed by atoms with Crippen LogP contribution in [0.25, 0.3) is 11.2 Å². The summed E-state index contributed by atoms with van der Waals surface area (Å²) in [6.07, 6.45) is 4.73. The molecule has 8 nitrogen and oxygen atoms in total. The van der Waals surface area contributed by atoms with Crippen LogP contribution in [-0.2, 0) is 6.54 Å². The van der Waals surface area contributed by atoms with Crippen LogP contribution >= 0.6 is 11.6 Å². The Hall–Kier alpha value is -3.39. The first-order valence-corrected chi connectivity index (χ1v) is 10.9. The van der Waals surface area contributed by atoms with Crippen molar-refractivity contribution in [2.45, 2.75) is 32.4 Å². The Labute approximate surface area is 190 Å². The van der Waals surface area contributed by atoms with Gasteiger partial charge in [0.05, 0.1) is 0 Å². The lowest BCUT2D eigenvalue weighted by molar-refractivity contribution is 0.246. The first kappa shape index (κ1) is 21.8. The van der Waals surface area contributed by atoms with E-state index in [0.717, 1.165) is 5.56 Å². The zero-order chi connectivity index (χ0) is 22.7. The standard InChI is InChI=1S/C23H25ClN6O2/c1-3-11-30-20-18(5-4-10-25-20)27-21(22(30)31)29-12-8-17(9-13-29)26-23(32)28-19-14-16(24)7-6-15(19)2/h3-7,10,14,17H,1,8-9,11-13H2,2H3,(H2,26,28,32). The molecule has 166 valence electrons. The second kappa shape index (κ2) is 9.40. The van der Waals surface area contributed by atoms with E-state index in [0.29, 0.717) is 60.2 Å². The molecule has 4 rings (SSSR count). The van der Waals surface area contributed by atoms with Crippen molar-refractivity contribution in [2.24, 2.45) is 0 Å². The van der Waals surface area contributed by atoms with Crippen molar-refractivity contribution in [3.63, 3.8) is 0 Å². The van der Waals surface area contributed by atoms with Crippen LogP contribution < -0.4 is 21.1 Å². The minimum absolute atomic E-state index is 0.00302. The number of aryl methyl sites for hydroxylation is 1. The van der Waals surface area contributed by atoms with Crippen LogP contribution in [0.4, 0.5) is 16.3 Å². The van der Waals surface area contributed by atoms with Crippen molar-refractivity contribution in [2.75, 3.05) is 23.3 Å². The Morgan fingerprint density at radius 1 is 1.31 bits per heavy atom. The molecule has 9 heteroatoms. The van der Waals surface area contributed by atoms with Gasteiger partial charge in [0.15, 0.2) is 11.5 Å². The number of urea groups is 1. The van der Waals surface area contributed by atoms with Crippen molar-refractivity contribution in [3.8, 4) is 0 Å². The molecule has 1 aliphatic heterocycles. The van der Waals surface area contributed by atoms with Crippen molar-refractivity contribution in [3.05, 3.63) is 70.1 Å². The van der Waals surface area contributed by atoms with Crippen LogP contribution in [0.2, 0.25) is 5.02 Å². The van der Waals surface area contributed by atoms with E-state index in [-0.39, 0.29) is 17.6 Å². The topological polar surface area (TPSA) is 92.2 Å². The SMILES string of the molecule is C=CCn1c(=O)c(N2CCC(NC(=O)Nc3cc(Cl)ccc3C)CC2)nc2cccnc21. The normalized spacial score (nSPS) is 14.4. The quantitative estimate of drug-likeness (QED) is 0.575. The second-order valence-corrected chi connectivity index (χ2v) is 8.24. The molecule has 2 N–H and O–H groups in total. The van der Waals surface area contributed by atoms with Crippen molar-refractivity contribution in [1.29, 1.82) is 0 Å². The van der Waals surface area contributed by atoms with E-state index < -0.39 is 0 Å². The molecule has 0 saturated carbocycles.